The second-order valence-corrected chi connectivity index (χ2v) is 7.19. The normalized spacial score (nSPS) is 18.3. The third kappa shape index (κ3) is 3.01. The summed E-state index contributed by atoms with van der Waals surface area (Å²) in [5.74, 6) is 0.107. The minimum Gasteiger partial charge on any atom is -0.339 e. The van der Waals surface area contributed by atoms with E-state index in [1.807, 2.05) is 28.0 Å². The Morgan fingerprint density at radius 2 is 1.96 bits per heavy atom. The van der Waals surface area contributed by atoms with E-state index in [0.29, 0.717) is 31.6 Å². The summed E-state index contributed by atoms with van der Waals surface area (Å²) in [6.45, 7) is 5.55. The first kappa shape index (κ1) is 17.4. The molecule has 1 saturated heterocycles. The number of piperidine rings is 1. The van der Waals surface area contributed by atoms with Crippen LogP contribution in [0.2, 0.25) is 0 Å². The fourth-order valence-electron chi connectivity index (χ4n) is 4.28. The largest absolute Gasteiger partial charge is 0.339 e. The number of rotatable bonds is 3. The number of nitrogens with zero attached hydrogens (tertiary/aromatic N) is 4. The molecule has 138 valence electrons. The third-order valence-electron chi connectivity index (χ3n) is 5.71. The van der Waals surface area contributed by atoms with Gasteiger partial charge in [-0.05, 0) is 30.5 Å². The van der Waals surface area contributed by atoms with Crippen molar-refractivity contribution in [2.24, 2.45) is 0 Å². The molecule has 2 aromatic rings. The van der Waals surface area contributed by atoms with Crippen molar-refractivity contribution in [1.29, 1.82) is 0 Å². The van der Waals surface area contributed by atoms with Crippen molar-refractivity contribution in [3.05, 3.63) is 66.5 Å². The zero-order valence-corrected chi connectivity index (χ0v) is 15.2. The van der Waals surface area contributed by atoms with Gasteiger partial charge >= 0.3 is 0 Å². The van der Waals surface area contributed by atoms with Crippen molar-refractivity contribution in [3.63, 3.8) is 0 Å². The molecule has 1 aromatic carbocycles. The van der Waals surface area contributed by atoms with E-state index in [4.69, 9.17) is 0 Å². The monoisotopic (exact) mass is 362 g/mol. The van der Waals surface area contributed by atoms with Gasteiger partial charge in [0.15, 0.2) is 0 Å². The number of fused-ring (bicyclic) bond motifs is 2. The highest BCUT2D eigenvalue weighted by molar-refractivity contribution is 5.98. The SMILES string of the molecule is C=CCN1C(=O)CC2(CCN(C(=O)c3ccnnc3)CC2)c2ccccc21. The summed E-state index contributed by atoms with van der Waals surface area (Å²) in [5, 5.41) is 7.52. The van der Waals surface area contributed by atoms with E-state index < -0.39 is 0 Å². The van der Waals surface area contributed by atoms with Gasteiger partial charge in [0, 0.05) is 37.2 Å². The fraction of sp³-hybridized carbons (Fsp3) is 0.333. The topological polar surface area (TPSA) is 66.4 Å². The average Bonchev–Trinajstić information content (AvgIpc) is 2.72. The van der Waals surface area contributed by atoms with Crippen molar-refractivity contribution in [1.82, 2.24) is 15.1 Å². The highest BCUT2D eigenvalue weighted by Gasteiger charge is 2.45. The summed E-state index contributed by atoms with van der Waals surface area (Å²) in [6.07, 6.45) is 6.83. The molecule has 1 fully saturated rings. The quantitative estimate of drug-likeness (QED) is 0.787. The van der Waals surface area contributed by atoms with Gasteiger partial charge in [0.1, 0.15) is 0 Å². The number of aromatic nitrogens is 2. The Labute approximate surface area is 158 Å². The Hall–Kier alpha value is -3.02. The minimum atomic E-state index is -0.196. The number of para-hydroxylation sites is 1. The number of carbonyl (C=O) groups is 2. The first-order valence-electron chi connectivity index (χ1n) is 9.21. The number of anilines is 1. The highest BCUT2D eigenvalue weighted by Crippen LogP contribution is 2.47. The number of amides is 2. The van der Waals surface area contributed by atoms with Gasteiger partial charge in [0.25, 0.3) is 5.91 Å². The molecule has 0 radical (unpaired) electrons. The zero-order valence-electron chi connectivity index (χ0n) is 15.2. The molecule has 2 aliphatic heterocycles. The van der Waals surface area contributed by atoms with Gasteiger partial charge in [-0.2, -0.15) is 10.2 Å². The lowest BCUT2D eigenvalue weighted by Gasteiger charge is -2.47. The Bertz CT molecular complexity index is 873. The maximum atomic E-state index is 12.8. The van der Waals surface area contributed by atoms with Crippen LogP contribution in [0.5, 0.6) is 0 Å². The van der Waals surface area contributed by atoms with Crippen LogP contribution < -0.4 is 4.90 Å². The molecular formula is C21H22N4O2. The molecule has 4 rings (SSSR count). The van der Waals surface area contributed by atoms with E-state index in [0.717, 1.165) is 18.5 Å². The van der Waals surface area contributed by atoms with Gasteiger partial charge < -0.3 is 9.80 Å². The molecule has 1 aromatic heterocycles. The molecule has 6 heteroatoms. The molecule has 3 heterocycles. The summed E-state index contributed by atoms with van der Waals surface area (Å²) in [4.78, 5) is 29.2. The highest BCUT2D eigenvalue weighted by atomic mass is 16.2. The number of carbonyl (C=O) groups excluding carboxylic acids is 2. The van der Waals surface area contributed by atoms with Crippen LogP contribution in [-0.4, -0.2) is 46.5 Å². The van der Waals surface area contributed by atoms with Crippen molar-refractivity contribution >= 4 is 17.5 Å². The van der Waals surface area contributed by atoms with Gasteiger partial charge in [0.05, 0.1) is 18.0 Å². The Morgan fingerprint density at radius 1 is 1.19 bits per heavy atom. The molecular weight excluding hydrogens is 340 g/mol. The standard InChI is InChI=1S/C21H22N4O2/c1-2-11-25-18-6-4-3-5-17(18)21(14-19(25)26)8-12-24(13-9-21)20(27)16-7-10-22-23-15-16/h2-7,10,15H,1,8-9,11-14H2. The molecule has 27 heavy (non-hydrogen) atoms. The molecule has 0 N–H and O–H groups in total. The van der Waals surface area contributed by atoms with Crippen molar-refractivity contribution < 1.29 is 9.59 Å². The molecule has 0 bridgehead atoms. The molecule has 0 aliphatic carbocycles. The van der Waals surface area contributed by atoms with Crippen LogP contribution >= 0.6 is 0 Å². The maximum absolute atomic E-state index is 12.8. The van der Waals surface area contributed by atoms with Crippen LogP contribution in [0.25, 0.3) is 0 Å². The van der Waals surface area contributed by atoms with E-state index >= 15 is 0 Å². The van der Waals surface area contributed by atoms with Gasteiger partial charge in [-0.3, -0.25) is 9.59 Å². The summed E-state index contributed by atoms with van der Waals surface area (Å²) in [6, 6.07) is 9.82. The molecule has 2 aliphatic rings. The van der Waals surface area contributed by atoms with Crippen molar-refractivity contribution in [3.8, 4) is 0 Å². The van der Waals surface area contributed by atoms with Crippen molar-refractivity contribution in [2.45, 2.75) is 24.7 Å². The first-order valence-corrected chi connectivity index (χ1v) is 9.21. The lowest BCUT2D eigenvalue weighted by molar-refractivity contribution is -0.120. The average molecular weight is 362 g/mol. The van der Waals surface area contributed by atoms with E-state index in [1.165, 1.54) is 18.0 Å². The molecule has 0 saturated carbocycles. The Morgan fingerprint density at radius 3 is 2.67 bits per heavy atom. The zero-order chi connectivity index (χ0) is 18.9. The van der Waals surface area contributed by atoms with Crippen molar-refractivity contribution in [2.75, 3.05) is 24.5 Å². The molecule has 0 atom stereocenters. The smallest absolute Gasteiger partial charge is 0.255 e. The van der Waals surface area contributed by atoms with Gasteiger partial charge in [0.2, 0.25) is 5.91 Å². The summed E-state index contributed by atoms with van der Waals surface area (Å²) < 4.78 is 0. The predicted octanol–water partition coefficient (Wildman–Crippen LogP) is 2.57. The summed E-state index contributed by atoms with van der Waals surface area (Å²) >= 11 is 0. The Balaban J connectivity index is 1.58. The lowest BCUT2D eigenvalue weighted by atomic mass is 9.67. The second-order valence-electron chi connectivity index (χ2n) is 7.19. The van der Waals surface area contributed by atoms with Crippen LogP contribution in [0.15, 0.2) is 55.4 Å². The number of benzene rings is 1. The van der Waals surface area contributed by atoms with Crippen LogP contribution in [0.4, 0.5) is 5.69 Å². The lowest BCUT2D eigenvalue weighted by Crippen LogP contribution is -2.51. The van der Waals surface area contributed by atoms with E-state index in [2.05, 4.69) is 22.8 Å². The van der Waals surface area contributed by atoms with Crippen LogP contribution in [0.3, 0.4) is 0 Å². The van der Waals surface area contributed by atoms with E-state index in [1.54, 1.807) is 12.1 Å². The number of hydrogen-bond donors (Lipinski definition) is 0. The molecule has 0 unspecified atom stereocenters. The van der Waals surface area contributed by atoms with Crippen LogP contribution in [-0.2, 0) is 10.2 Å². The maximum Gasteiger partial charge on any atom is 0.255 e. The van der Waals surface area contributed by atoms with Crippen LogP contribution in [0.1, 0.15) is 35.2 Å². The number of hydrogen-bond acceptors (Lipinski definition) is 4. The Kier molecular flexibility index (Phi) is 4.48. The van der Waals surface area contributed by atoms with Gasteiger partial charge in [-0.25, -0.2) is 0 Å². The molecule has 2 amide bonds. The van der Waals surface area contributed by atoms with Crippen LogP contribution in [0, 0.1) is 0 Å². The van der Waals surface area contributed by atoms with Gasteiger partial charge in [-0.1, -0.05) is 24.3 Å². The first-order chi connectivity index (χ1) is 13.1. The number of likely N-dealkylation sites (tertiary alicyclic amines) is 1. The predicted molar refractivity (Wildman–Crippen MR) is 102 cm³/mol. The van der Waals surface area contributed by atoms with E-state index in [-0.39, 0.29) is 17.2 Å². The fourth-order valence-corrected chi connectivity index (χ4v) is 4.28. The second kappa shape index (κ2) is 6.95. The third-order valence-corrected chi connectivity index (χ3v) is 5.71. The minimum absolute atomic E-state index is 0.0246. The summed E-state index contributed by atoms with van der Waals surface area (Å²) in [5.41, 5.74) is 2.55. The molecule has 1 spiro atoms. The molecule has 6 nitrogen and oxygen atoms in total. The van der Waals surface area contributed by atoms with Gasteiger partial charge in [-0.15, -0.1) is 6.58 Å². The summed E-state index contributed by atoms with van der Waals surface area (Å²) in [7, 11) is 0. The van der Waals surface area contributed by atoms with E-state index in [9.17, 15) is 9.59 Å².